The lowest BCUT2D eigenvalue weighted by Gasteiger charge is -2.10. The maximum absolute atomic E-state index is 10.8. The Bertz CT molecular complexity index is 359. The average molecular weight is 192 g/mol. The van der Waals surface area contributed by atoms with Crippen LogP contribution in [0.2, 0.25) is 0 Å². The largest absolute Gasteiger partial charge is 0.458 e. The first kappa shape index (κ1) is 9.21. The number of hydrogen-bond donors (Lipinski definition) is 1. The van der Waals surface area contributed by atoms with Crippen LogP contribution in [0.15, 0.2) is 24.3 Å². The summed E-state index contributed by atoms with van der Waals surface area (Å²) in [5.74, 6) is -0.307. The summed E-state index contributed by atoms with van der Waals surface area (Å²) in [6, 6.07) is 7.51. The van der Waals surface area contributed by atoms with E-state index in [1.807, 2.05) is 24.3 Å². The minimum atomic E-state index is -0.504. The SMILES string of the molecule is CC(=O)OC1CC(O)c2ccccc21. The summed E-state index contributed by atoms with van der Waals surface area (Å²) in [5.41, 5.74) is 1.80. The molecule has 1 N–H and O–H groups in total. The molecule has 1 aromatic carbocycles. The molecule has 2 unspecified atom stereocenters. The molecule has 14 heavy (non-hydrogen) atoms. The molecule has 0 radical (unpaired) electrons. The molecule has 0 amide bonds. The zero-order valence-electron chi connectivity index (χ0n) is 7.93. The van der Waals surface area contributed by atoms with Crippen molar-refractivity contribution in [1.29, 1.82) is 0 Å². The topological polar surface area (TPSA) is 46.5 Å². The van der Waals surface area contributed by atoms with Gasteiger partial charge in [-0.05, 0) is 11.1 Å². The van der Waals surface area contributed by atoms with E-state index in [1.165, 1.54) is 6.92 Å². The average Bonchev–Trinajstić information content (AvgIpc) is 2.44. The summed E-state index contributed by atoms with van der Waals surface area (Å²) >= 11 is 0. The Morgan fingerprint density at radius 3 is 2.71 bits per heavy atom. The maximum Gasteiger partial charge on any atom is 0.303 e. The summed E-state index contributed by atoms with van der Waals surface area (Å²) < 4.78 is 5.11. The molecule has 3 nitrogen and oxygen atoms in total. The highest BCUT2D eigenvalue weighted by atomic mass is 16.5. The third-order valence-electron chi connectivity index (χ3n) is 2.45. The van der Waals surface area contributed by atoms with Gasteiger partial charge in [0.05, 0.1) is 6.10 Å². The third-order valence-corrected chi connectivity index (χ3v) is 2.45. The summed E-state index contributed by atoms with van der Waals surface area (Å²) in [4.78, 5) is 10.8. The fourth-order valence-corrected chi connectivity index (χ4v) is 1.88. The fraction of sp³-hybridized carbons (Fsp3) is 0.364. The van der Waals surface area contributed by atoms with Crippen molar-refractivity contribution < 1.29 is 14.6 Å². The molecule has 74 valence electrons. The number of esters is 1. The molecule has 0 heterocycles. The Hall–Kier alpha value is -1.35. The van der Waals surface area contributed by atoms with Crippen molar-refractivity contribution in [2.24, 2.45) is 0 Å². The first-order valence-corrected chi connectivity index (χ1v) is 4.62. The van der Waals surface area contributed by atoms with E-state index in [0.29, 0.717) is 6.42 Å². The molecular weight excluding hydrogens is 180 g/mol. The van der Waals surface area contributed by atoms with E-state index in [1.54, 1.807) is 0 Å². The number of rotatable bonds is 1. The van der Waals surface area contributed by atoms with Crippen molar-refractivity contribution in [3.05, 3.63) is 35.4 Å². The van der Waals surface area contributed by atoms with Gasteiger partial charge in [0.25, 0.3) is 0 Å². The molecule has 0 aliphatic heterocycles. The monoisotopic (exact) mass is 192 g/mol. The first-order valence-electron chi connectivity index (χ1n) is 4.62. The van der Waals surface area contributed by atoms with E-state index in [-0.39, 0.29) is 12.1 Å². The molecule has 2 atom stereocenters. The highest BCUT2D eigenvalue weighted by Crippen LogP contribution is 2.40. The minimum Gasteiger partial charge on any atom is -0.458 e. The van der Waals surface area contributed by atoms with Gasteiger partial charge in [0.2, 0.25) is 0 Å². The highest BCUT2D eigenvalue weighted by molar-refractivity contribution is 5.66. The van der Waals surface area contributed by atoms with Crippen molar-refractivity contribution in [2.75, 3.05) is 0 Å². The second kappa shape index (κ2) is 3.42. The van der Waals surface area contributed by atoms with E-state index >= 15 is 0 Å². The summed E-state index contributed by atoms with van der Waals surface area (Å²) in [6.07, 6.45) is -0.312. The molecule has 1 aliphatic rings. The number of ether oxygens (including phenoxy) is 1. The van der Waals surface area contributed by atoms with Gasteiger partial charge >= 0.3 is 5.97 Å². The maximum atomic E-state index is 10.8. The number of carbonyl (C=O) groups is 1. The summed E-state index contributed by atoms with van der Waals surface area (Å²) in [7, 11) is 0. The fourth-order valence-electron chi connectivity index (χ4n) is 1.88. The van der Waals surface area contributed by atoms with Crippen molar-refractivity contribution in [1.82, 2.24) is 0 Å². The Morgan fingerprint density at radius 1 is 1.43 bits per heavy atom. The number of hydrogen-bond acceptors (Lipinski definition) is 3. The zero-order valence-corrected chi connectivity index (χ0v) is 7.93. The van der Waals surface area contributed by atoms with Crippen molar-refractivity contribution >= 4 is 5.97 Å². The predicted molar refractivity (Wildman–Crippen MR) is 50.5 cm³/mol. The second-order valence-electron chi connectivity index (χ2n) is 3.48. The van der Waals surface area contributed by atoms with Crippen molar-refractivity contribution in [3.63, 3.8) is 0 Å². The number of aliphatic hydroxyl groups excluding tert-OH is 1. The predicted octanol–water partition coefficient (Wildman–Crippen LogP) is 1.73. The van der Waals surface area contributed by atoms with Crippen LogP contribution < -0.4 is 0 Å². The van der Waals surface area contributed by atoms with Gasteiger partial charge in [0, 0.05) is 13.3 Å². The smallest absolute Gasteiger partial charge is 0.303 e. The quantitative estimate of drug-likeness (QED) is 0.689. The lowest BCUT2D eigenvalue weighted by molar-refractivity contribution is -0.147. The van der Waals surface area contributed by atoms with Gasteiger partial charge in [-0.1, -0.05) is 24.3 Å². The van der Waals surface area contributed by atoms with Crippen molar-refractivity contribution in [3.8, 4) is 0 Å². The standard InChI is InChI=1S/C11H12O3/c1-7(12)14-11-6-10(13)8-4-2-3-5-9(8)11/h2-5,10-11,13H,6H2,1H3. The van der Waals surface area contributed by atoms with Crippen LogP contribution >= 0.6 is 0 Å². The molecule has 0 saturated heterocycles. The van der Waals surface area contributed by atoms with Gasteiger partial charge in [0.1, 0.15) is 6.10 Å². The summed E-state index contributed by atoms with van der Waals surface area (Å²) in [5, 5.41) is 9.67. The first-order chi connectivity index (χ1) is 6.68. The molecule has 0 spiro atoms. The number of fused-ring (bicyclic) bond motifs is 1. The van der Waals surface area contributed by atoms with Gasteiger partial charge in [0.15, 0.2) is 0 Å². The second-order valence-corrected chi connectivity index (χ2v) is 3.48. The lowest BCUT2D eigenvalue weighted by Crippen LogP contribution is -2.05. The van der Waals surface area contributed by atoms with Gasteiger partial charge in [-0.3, -0.25) is 4.79 Å². The van der Waals surface area contributed by atoms with Gasteiger partial charge in [-0.2, -0.15) is 0 Å². The molecule has 3 heteroatoms. The molecule has 2 rings (SSSR count). The van der Waals surface area contributed by atoms with Gasteiger partial charge in [-0.25, -0.2) is 0 Å². The van der Waals surface area contributed by atoms with Crippen LogP contribution in [0.4, 0.5) is 0 Å². The molecule has 0 saturated carbocycles. The third kappa shape index (κ3) is 1.51. The zero-order chi connectivity index (χ0) is 10.1. The number of benzene rings is 1. The molecule has 0 bridgehead atoms. The van der Waals surface area contributed by atoms with E-state index in [0.717, 1.165) is 11.1 Å². The summed E-state index contributed by atoms with van der Waals surface area (Å²) in [6.45, 7) is 1.38. The minimum absolute atomic E-state index is 0.279. The van der Waals surface area contributed by atoms with E-state index < -0.39 is 6.10 Å². The van der Waals surface area contributed by atoms with E-state index in [2.05, 4.69) is 0 Å². The molecular formula is C11H12O3. The Labute approximate surface area is 82.3 Å². The van der Waals surface area contributed by atoms with Gasteiger partial charge in [-0.15, -0.1) is 0 Å². The molecule has 1 aliphatic carbocycles. The van der Waals surface area contributed by atoms with Crippen LogP contribution in [0.25, 0.3) is 0 Å². The molecule has 0 aromatic heterocycles. The Balaban J connectivity index is 2.29. The van der Waals surface area contributed by atoms with Crippen LogP contribution in [-0.4, -0.2) is 11.1 Å². The highest BCUT2D eigenvalue weighted by Gasteiger charge is 2.31. The van der Waals surface area contributed by atoms with Gasteiger partial charge < -0.3 is 9.84 Å². The van der Waals surface area contributed by atoms with Crippen LogP contribution in [0, 0.1) is 0 Å². The molecule has 1 aromatic rings. The van der Waals surface area contributed by atoms with E-state index in [4.69, 9.17) is 4.74 Å². The van der Waals surface area contributed by atoms with Crippen molar-refractivity contribution in [2.45, 2.75) is 25.6 Å². The molecule has 0 fully saturated rings. The number of carbonyl (C=O) groups excluding carboxylic acids is 1. The Kier molecular flexibility index (Phi) is 2.25. The lowest BCUT2D eigenvalue weighted by atomic mass is 10.1. The van der Waals surface area contributed by atoms with Crippen LogP contribution in [0.5, 0.6) is 0 Å². The van der Waals surface area contributed by atoms with E-state index in [9.17, 15) is 9.90 Å². The number of aliphatic hydroxyl groups is 1. The van der Waals surface area contributed by atoms with Crippen LogP contribution in [0.3, 0.4) is 0 Å². The Morgan fingerprint density at radius 2 is 2.07 bits per heavy atom. The van der Waals surface area contributed by atoms with Crippen LogP contribution in [0.1, 0.15) is 36.7 Å². The van der Waals surface area contributed by atoms with Crippen LogP contribution in [-0.2, 0) is 9.53 Å². The normalized spacial score (nSPS) is 24.4.